The Morgan fingerprint density at radius 2 is 1.96 bits per heavy atom. The van der Waals surface area contributed by atoms with Crippen molar-refractivity contribution in [2.45, 2.75) is 16.3 Å². The SMILES string of the molecule is O=C(CSc1ccccc1)NC1=C(C(=O)O)N2C(=O)C(NC(=O)CI)[C@H]2SC1. The lowest BCUT2D eigenvalue weighted by Crippen LogP contribution is -2.71. The number of carboxylic acid groups (broad SMARTS) is 1. The van der Waals surface area contributed by atoms with Crippen molar-refractivity contribution in [1.29, 1.82) is 0 Å². The van der Waals surface area contributed by atoms with E-state index in [1.807, 2.05) is 52.9 Å². The maximum atomic E-state index is 12.4. The van der Waals surface area contributed by atoms with Crippen LogP contribution in [0.5, 0.6) is 0 Å². The van der Waals surface area contributed by atoms with Crippen molar-refractivity contribution in [1.82, 2.24) is 15.5 Å². The van der Waals surface area contributed by atoms with Crippen molar-refractivity contribution >= 4 is 69.8 Å². The van der Waals surface area contributed by atoms with Gasteiger partial charge in [-0.2, -0.15) is 0 Å². The Labute approximate surface area is 183 Å². The number of benzene rings is 1. The van der Waals surface area contributed by atoms with Crippen LogP contribution in [0.25, 0.3) is 0 Å². The van der Waals surface area contributed by atoms with E-state index < -0.39 is 23.3 Å². The molecule has 148 valence electrons. The molecule has 2 aliphatic rings. The quantitative estimate of drug-likeness (QED) is 0.208. The van der Waals surface area contributed by atoms with Gasteiger partial charge in [-0.1, -0.05) is 40.8 Å². The van der Waals surface area contributed by atoms with Gasteiger partial charge in [-0.05, 0) is 12.1 Å². The average molecular weight is 533 g/mol. The number of hydrogen-bond donors (Lipinski definition) is 3. The highest BCUT2D eigenvalue weighted by Gasteiger charge is 2.54. The van der Waals surface area contributed by atoms with E-state index >= 15 is 0 Å². The summed E-state index contributed by atoms with van der Waals surface area (Å²) in [6.45, 7) is 0. The molecular formula is C17H16IN3O5S2. The molecule has 0 radical (unpaired) electrons. The van der Waals surface area contributed by atoms with Crippen LogP contribution in [-0.2, 0) is 19.2 Å². The Kier molecular flexibility index (Phi) is 6.88. The Hall–Kier alpha value is -1.73. The molecule has 0 spiro atoms. The number of halogens is 1. The maximum absolute atomic E-state index is 12.4. The van der Waals surface area contributed by atoms with Gasteiger partial charge in [0.05, 0.1) is 15.9 Å². The van der Waals surface area contributed by atoms with E-state index in [1.54, 1.807) is 0 Å². The zero-order valence-corrected chi connectivity index (χ0v) is 18.2. The lowest BCUT2D eigenvalue weighted by molar-refractivity contribution is -0.150. The van der Waals surface area contributed by atoms with Gasteiger partial charge in [0.25, 0.3) is 5.91 Å². The number of hydrogen-bond acceptors (Lipinski definition) is 6. The Morgan fingerprint density at radius 1 is 1.25 bits per heavy atom. The van der Waals surface area contributed by atoms with Crippen molar-refractivity contribution in [2.24, 2.45) is 0 Å². The van der Waals surface area contributed by atoms with E-state index in [0.717, 1.165) is 9.80 Å². The molecule has 8 nitrogen and oxygen atoms in total. The number of aliphatic carboxylic acids is 1. The molecule has 2 heterocycles. The molecule has 3 N–H and O–H groups in total. The van der Waals surface area contributed by atoms with Gasteiger partial charge in [0.1, 0.15) is 11.4 Å². The molecule has 1 aromatic carbocycles. The van der Waals surface area contributed by atoms with Crippen LogP contribution in [0.1, 0.15) is 0 Å². The molecule has 0 bridgehead atoms. The third kappa shape index (κ3) is 4.46. The molecular weight excluding hydrogens is 517 g/mol. The fourth-order valence-electron chi connectivity index (χ4n) is 2.80. The third-order valence-corrected chi connectivity index (χ3v) is 7.00. The van der Waals surface area contributed by atoms with Gasteiger partial charge >= 0.3 is 5.97 Å². The first-order valence-corrected chi connectivity index (χ1v) is 11.7. The summed E-state index contributed by atoms with van der Waals surface area (Å²) < 4.78 is 0.209. The van der Waals surface area contributed by atoms with Crippen molar-refractivity contribution in [3.63, 3.8) is 0 Å². The van der Waals surface area contributed by atoms with Crippen LogP contribution in [0.3, 0.4) is 0 Å². The van der Waals surface area contributed by atoms with Crippen LogP contribution >= 0.6 is 46.1 Å². The van der Waals surface area contributed by atoms with Gasteiger partial charge in [-0.25, -0.2) is 4.79 Å². The number of rotatable bonds is 7. The molecule has 3 rings (SSSR count). The van der Waals surface area contributed by atoms with Crippen LogP contribution in [0.2, 0.25) is 0 Å². The third-order valence-electron chi connectivity index (χ3n) is 4.01. The van der Waals surface area contributed by atoms with Gasteiger partial charge in [0.2, 0.25) is 11.8 Å². The first kappa shape index (κ1) is 21.0. The van der Waals surface area contributed by atoms with Gasteiger partial charge in [0, 0.05) is 10.6 Å². The molecule has 28 heavy (non-hydrogen) atoms. The fraction of sp³-hybridized carbons (Fsp3) is 0.294. The molecule has 0 aromatic heterocycles. The molecule has 0 aliphatic carbocycles. The lowest BCUT2D eigenvalue weighted by atomic mass is 10.0. The van der Waals surface area contributed by atoms with Gasteiger partial charge < -0.3 is 15.7 Å². The van der Waals surface area contributed by atoms with Crippen molar-refractivity contribution in [3.05, 3.63) is 41.7 Å². The number of β-lactam (4-membered cyclic amide) rings is 1. The highest BCUT2D eigenvalue weighted by atomic mass is 127. The minimum Gasteiger partial charge on any atom is -0.477 e. The minimum atomic E-state index is -1.29. The second-order valence-electron chi connectivity index (χ2n) is 5.87. The zero-order valence-electron chi connectivity index (χ0n) is 14.4. The zero-order chi connectivity index (χ0) is 20.3. The van der Waals surface area contributed by atoms with E-state index in [2.05, 4.69) is 10.6 Å². The van der Waals surface area contributed by atoms with Crippen LogP contribution in [0, 0.1) is 0 Å². The summed E-state index contributed by atoms with van der Waals surface area (Å²) in [5.41, 5.74) is -0.0359. The number of carbonyl (C=O) groups excluding carboxylic acids is 3. The van der Waals surface area contributed by atoms with E-state index in [-0.39, 0.29) is 39.1 Å². The number of nitrogens with one attached hydrogen (secondary N) is 2. The first-order valence-electron chi connectivity index (χ1n) is 8.16. The van der Waals surface area contributed by atoms with Crippen LogP contribution in [0.4, 0.5) is 0 Å². The summed E-state index contributed by atoms with van der Waals surface area (Å²) in [4.78, 5) is 50.0. The Morgan fingerprint density at radius 3 is 2.61 bits per heavy atom. The number of nitrogens with zero attached hydrogens (tertiary/aromatic N) is 1. The molecule has 1 saturated heterocycles. The van der Waals surface area contributed by atoms with E-state index in [0.29, 0.717) is 0 Å². The normalized spacial score (nSPS) is 20.9. The standard InChI is InChI=1S/C17H16IN3O5S2/c18-6-11(22)20-13-15(24)21-14(17(25)26)10(7-28-16(13)21)19-12(23)8-27-9-4-2-1-3-5-9/h1-5,13,16H,6-8H2,(H,19,23)(H,20,22)(H,25,26)/t13?,16-/m1/s1. The second-order valence-corrected chi connectivity index (χ2v) is 8.79. The number of carboxylic acids is 1. The van der Waals surface area contributed by atoms with Crippen LogP contribution in [0.15, 0.2) is 46.6 Å². The number of alkyl halides is 1. The van der Waals surface area contributed by atoms with Crippen molar-refractivity contribution < 1.29 is 24.3 Å². The predicted molar refractivity (Wildman–Crippen MR) is 114 cm³/mol. The molecule has 0 saturated carbocycles. The number of fused-ring (bicyclic) bond motifs is 1. The second kappa shape index (κ2) is 9.18. The monoisotopic (exact) mass is 533 g/mol. The minimum absolute atomic E-state index is 0.122. The molecule has 2 aliphatic heterocycles. The largest absolute Gasteiger partial charge is 0.477 e. The highest BCUT2D eigenvalue weighted by Crippen LogP contribution is 2.39. The summed E-state index contributed by atoms with van der Waals surface area (Å²) in [7, 11) is 0. The summed E-state index contributed by atoms with van der Waals surface area (Å²) in [6, 6.07) is 8.63. The molecule has 2 atom stereocenters. The van der Waals surface area contributed by atoms with Gasteiger partial charge in [-0.3, -0.25) is 19.3 Å². The molecule has 3 amide bonds. The fourth-order valence-corrected chi connectivity index (χ4v) is 5.02. The van der Waals surface area contributed by atoms with Gasteiger partial charge in [-0.15, -0.1) is 23.5 Å². The Bertz CT molecular complexity index is 848. The molecule has 1 aromatic rings. The number of amides is 3. The summed E-state index contributed by atoms with van der Waals surface area (Å²) in [5, 5.41) is 14.3. The van der Waals surface area contributed by atoms with Crippen LogP contribution < -0.4 is 10.6 Å². The number of thioether (sulfide) groups is 2. The molecule has 1 fully saturated rings. The summed E-state index contributed by atoms with van der Waals surface area (Å²) >= 11 is 4.53. The van der Waals surface area contributed by atoms with E-state index in [9.17, 15) is 24.3 Å². The van der Waals surface area contributed by atoms with Crippen molar-refractivity contribution in [2.75, 3.05) is 15.9 Å². The number of carbonyl (C=O) groups is 4. The lowest BCUT2D eigenvalue weighted by Gasteiger charge is -2.49. The van der Waals surface area contributed by atoms with Gasteiger partial charge in [0.15, 0.2) is 5.70 Å². The summed E-state index contributed by atoms with van der Waals surface area (Å²) in [5.74, 6) is -2.05. The highest BCUT2D eigenvalue weighted by molar-refractivity contribution is 14.1. The van der Waals surface area contributed by atoms with Crippen LogP contribution in [-0.4, -0.2) is 61.0 Å². The van der Waals surface area contributed by atoms with Crippen molar-refractivity contribution in [3.8, 4) is 0 Å². The van der Waals surface area contributed by atoms with E-state index in [1.165, 1.54) is 23.5 Å². The Balaban J connectivity index is 1.68. The molecule has 11 heteroatoms. The summed E-state index contributed by atoms with van der Waals surface area (Å²) in [6.07, 6.45) is 0. The smallest absolute Gasteiger partial charge is 0.354 e. The predicted octanol–water partition coefficient (Wildman–Crippen LogP) is 1.03. The van der Waals surface area contributed by atoms with E-state index in [4.69, 9.17) is 0 Å². The average Bonchev–Trinajstić information content (AvgIpc) is 2.70. The topological polar surface area (TPSA) is 116 Å². The molecule has 1 unspecified atom stereocenters. The first-order chi connectivity index (χ1) is 13.4. The maximum Gasteiger partial charge on any atom is 0.354 e.